The van der Waals surface area contributed by atoms with Crippen LogP contribution in [-0.4, -0.2) is 24.0 Å². The van der Waals surface area contributed by atoms with Gasteiger partial charge in [0.15, 0.2) is 5.89 Å². The number of ether oxygens (including phenoxy) is 1. The van der Waals surface area contributed by atoms with E-state index in [4.69, 9.17) is 9.15 Å². The van der Waals surface area contributed by atoms with Crippen molar-refractivity contribution >= 4 is 5.91 Å². The molecule has 1 aromatic heterocycles. The molecule has 0 saturated heterocycles. The molecule has 0 spiro atoms. The summed E-state index contributed by atoms with van der Waals surface area (Å²) in [5, 5.41) is 2.96. The SMILES string of the molecule is Cc1ccccc1OCCCC(=O)NCCCc1oc(C(C)(C)C)nc1C. The molecule has 0 fully saturated rings. The van der Waals surface area contributed by atoms with Gasteiger partial charge in [-0.1, -0.05) is 39.0 Å². The molecule has 1 N–H and O–H groups in total. The fourth-order valence-corrected chi connectivity index (χ4v) is 2.68. The van der Waals surface area contributed by atoms with Crippen LogP contribution in [0.3, 0.4) is 0 Å². The van der Waals surface area contributed by atoms with E-state index in [1.807, 2.05) is 38.1 Å². The minimum Gasteiger partial charge on any atom is -0.493 e. The molecule has 2 rings (SSSR count). The molecule has 0 aliphatic carbocycles. The Kier molecular flexibility index (Phi) is 7.45. The Bertz CT molecular complexity index is 744. The fourth-order valence-electron chi connectivity index (χ4n) is 2.68. The second kappa shape index (κ2) is 9.58. The summed E-state index contributed by atoms with van der Waals surface area (Å²) >= 11 is 0. The smallest absolute Gasteiger partial charge is 0.220 e. The van der Waals surface area contributed by atoms with Crippen molar-refractivity contribution in [3.63, 3.8) is 0 Å². The molecule has 0 bridgehead atoms. The van der Waals surface area contributed by atoms with E-state index in [2.05, 4.69) is 31.1 Å². The zero-order valence-corrected chi connectivity index (χ0v) is 17.2. The second-order valence-corrected chi connectivity index (χ2v) is 7.95. The normalized spacial score (nSPS) is 11.4. The predicted octanol–water partition coefficient (Wildman–Crippen LogP) is 4.50. The fraction of sp³-hybridized carbons (Fsp3) is 0.545. The van der Waals surface area contributed by atoms with E-state index >= 15 is 0 Å². The number of amides is 1. The summed E-state index contributed by atoms with van der Waals surface area (Å²) in [4.78, 5) is 16.4. The number of benzene rings is 1. The molecule has 0 aliphatic rings. The maximum absolute atomic E-state index is 11.9. The summed E-state index contributed by atoms with van der Waals surface area (Å²) in [5.74, 6) is 2.64. The van der Waals surface area contributed by atoms with Gasteiger partial charge in [-0.15, -0.1) is 0 Å². The van der Waals surface area contributed by atoms with Gasteiger partial charge in [-0.2, -0.15) is 0 Å². The highest BCUT2D eigenvalue weighted by atomic mass is 16.5. The van der Waals surface area contributed by atoms with Crippen LogP contribution in [0.1, 0.15) is 62.9 Å². The van der Waals surface area contributed by atoms with Gasteiger partial charge >= 0.3 is 0 Å². The van der Waals surface area contributed by atoms with Gasteiger partial charge in [0.05, 0.1) is 12.3 Å². The molecule has 5 heteroatoms. The van der Waals surface area contributed by atoms with Crippen LogP contribution in [-0.2, 0) is 16.6 Å². The lowest BCUT2D eigenvalue weighted by Crippen LogP contribution is -2.25. The van der Waals surface area contributed by atoms with Crippen molar-refractivity contribution in [2.45, 2.75) is 65.7 Å². The van der Waals surface area contributed by atoms with Crippen molar-refractivity contribution in [3.8, 4) is 5.75 Å². The number of carbonyl (C=O) groups excluding carboxylic acids is 1. The topological polar surface area (TPSA) is 64.4 Å². The average molecular weight is 373 g/mol. The number of para-hydroxylation sites is 1. The van der Waals surface area contributed by atoms with E-state index in [0.717, 1.165) is 41.5 Å². The van der Waals surface area contributed by atoms with Crippen molar-refractivity contribution in [1.29, 1.82) is 0 Å². The third kappa shape index (κ3) is 6.74. The van der Waals surface area contributed by atoms with Crippen LogP contribution < -0.4 is 10.1 Å². The van der Waals surface area contributed by atoms with Gasteiger partial charge in [-0.05, 0) is 38.3 Å². The number of nitrogens with one attached hydrogen (secondary N) is 1. The number of carbonyl (C=O) groups is 1. The highest BCUT2D eigenvalue weighted by Gasteiger charge is 2.22. The monoisotopic (exact) mass is 372 g/mol. The molecule has 5 nitrogen and oxygen atoms in total. The first kappa shape index (κ1) is 21.0. The first-order chi connectivity index (χ1) is 12.8. The molecule has 0 atom stereocenters. The molecule has 1 amide bonds. The summed E-state index contributed by atoms with van der Waals surface area (Å²) in [7, 11) is 0. The Morgan fingerprint density at radius 2 is 1.93 bits per heavy atom. The number of oxazole rings is 1. The molecule has 148 valence electrons. The molecule has 27 heavy (non-hydrogen) atoms. The highest BCUT2D eigenvalue weighted by molar-refractivity contribution is 5.75. The molecule has 0 unspecified atom stereocenters. The molecular formula is C22H32N2O3. The zero-order chi connectivity index (χ0) is 19.9. The Balaban J connectivity index is 1.61. The van der Waals surface area contributed by atoms with Gasteiger partial charge in [0, 0.05) is 24.8 Å². The van der Waals surface area contributed by atoms with Crippen molar-refractivity contribution < 1.29 is 13.9 Å². The molecule has 1 aromatic carbocycles. The van der Waals surface area contributed by atoms with Crippen LogP contribution in [0.4, 0.5) is 0 Å². The van der Waals surface area contributed by atoms with Gasteiger partial charge in [0.2, 0.25) is 5.91 Å². The number of aryl methyl sites for hydroxylation is 3. The van der Waals surface area contributed by atoms with Crippen LogP contribution in [0.5, 0.6) is 5.75 Å². The lowest BCUT2D eigenvalue weighted by atomic mass is 9.97. The van der Waals surface area contributed by atoms with Crippen LogP contribution in [0, 0.1) is 13.8 Å². The Morgan fingerprint density at radius 3 is 2.59 bits per heavy atom. The summed E-state index contributed by atoms with van der Waals surface area (Å²) in [6, 6.07) is 7.91. The number of rotatable bonds is 9. The van der Waals surface area contributed by atoms with Crippen LogP contribution in [0.15, 0.2) is 28.7 Å². The highest BCUT2D eigenvalue weighted by Crippen LogP contribution is 2.24. The summed E-state index contributed by atoms with van der Waals surface area (Å²) in [5.41, 5.74) is 1.97. The van der Waals surface area contributed by atoms with E-state index in [0.29, 0.717) is 26.0 Å². The summed E-state index contributed by atoms with van der Waals surface area (Å²) in [6.07, 6.45) is 2.80. The molecule has 0 radical (unpaired) electrons. The Labute approximate surface area is 162 Å². The maximum atomic E-state index is 11.9. The Hall–Kier alpha value is -2.30. The van der Waals surface area contributed by atoms with Gasteiger partial charge in [-0.3, -0.25) is 4.79 Å². The van der Waals surface area contributed by atoms with E-state index in [1.165, 1.54) is 0 Å². The van der Waals surface area contributed by atoms with Crippen molar-refractivity contribution in [1.82, 2.24) is 10.3 Å². The van der Waals surface area contributed by atoms with Crippen LogP contribution in [0.25, 0.3) is 0 Å². The quantitative estimate of drug-likeness (QED) is 0.658. The van der Waals surface area contributed by atoms with Crippen molar-refractivity contribution in [2.24, 2.45) is 0 Å². The lowest BCUT2D eigenvalue weighted by molar-refractivity contribution is -0.121. The third-order valence-electron chi connectivity index (χ3n) is 4.34. The second-order valence-electron chi connectivity index (χ2n) is 7.95. The van der Waals surface area contributed by atoms with Crippen LogP contribution in [0.2, 0.25) is 0 Å². The van der Waals surface area contributed by atoms with Crippen molar-refractivity contribution in [2.75, 3.05) is 13.2 Å². The number of nitrogens with zero attached hydrogens (tertiary/aromatic N) is 1. The largest absolute Gasteiger partial charge is 0.493 e. The Morgan fingerprint density at radius 1 is 1.19 bits per heavy atom. The van der Waals surface area contributed by atoms with E-state index in [-0.39, 0.29) is 11.3 Å². The van der Waals surface area contributed by atoms with E-state index < -0.39 is 0 Å². The van der Waals surface area contributed by atoms with Gasteiger partial charge in [0.25, 0.3) is 0 Å². The van der Waals surface area contributed by atoms with E-state index in [9.17, 15) is 4.79 Å². The first-order valence-corrected chi connectivity index (χ1v) is 9.69. The lowest BCUT2D eigenvalue weighted by Gasteiger charge is -2.12. The summed E-state index contributed by atoms with van der Waals surface area (Å²) < 4.78 is 11.6. The van der Waals surface area contributed by atoms with E-state index in [1.54, 1.807) is 0 Å². The zero-order valence-electron chi connectivity index (χ0n) is 17.2. The molecule has 0 aliphatic heterocycles. The predicted molar refractivity (Wildman–Crippen MR) is 107 cm³/mol. The van der Waals surface area contributed by atoms with Crippen LogP contribution >= 0.6 is 0 Å². The maximum Gasteiger partial charge on any atom is 0.220 e. The molecular weight excluding hydrogens is 340 g/mol. The number of aromatic nitrogens is 1. The molecule has 1 heterocycles. The number of hydrogen-bond acceptors (Lipinski definition) is 4. The van der Waals surface area contributed by atoms with Gasteiger partial charge < -0.3 is 14.5 Å². The van der Waals surface area contributed by atoms with Gasteiger partial charge in [0.1, 0.15) is 11.5 Å². The average Bonchev–Trinajstić information content (AvgIpc) is 2.98. The molecule has 0 saturated carbocycles. The third-order valence-corrected chi connectivity index (χ3v) is 4.34. The minimum absolute atomic E-state index is 0.0630. The number of hydrogen-bond donors (Lipinski definition) is 1. The standard InChI is InChI=1S/C22H32N2O3/c1-16-10-6-7-11-18(16)26-15-9-13-20(25)23-14-8-12-19-17(2)24-21(27-19)22(3,4)5/h6-7,10-11H,8-9,12-15H2,1-5H3,(H,23,25). The molecule has 2 aromatic rings. The summed E-state index contributed by atoms with van der Waals surface area (Å²) in [6.45, 7) is 11.4. The first-order valence-electron chi connectivity index (χ1n) is 9.69. The van der Waals surface area contributed by atoms with Gasteiger partial charge in [-0.25, -0.2) is 4.98 Å². The minimum atomic E-state index is -0.0857. The van der Waals surface area contributed by atoms with Crippen molar-refractivity contribution in [3.05, 3.63) is 47.2 Å².